The van der Waals surface area contributed by atoms with E-state index >= 15 is 0 Å². The van der Waals surface area contributed by atoms with Crippen LogP contribution in [-0.4, -0.2) is 37.3 Å². The fourth-order valence-electron chi connectivity index (χ4n) is 2.86. The molecular weight excluding hydrogens is 457 g/mol. The maximum Gasteiger partial charge on any atom is 0.408 e. The molecule has 0 aromatic heterocycles. The molecule has 0 aliphatic heterocycles. The van der Waals surface area contributed by atoms with Crippen molar-refractivity contribution in [2.45, 2.75) is 31.8 Å². The first kappa shape index (κ1) is 25.4. The number of amides is 1. The number of rotatable bonds is 10. The summed E-state index contributed by atoms with van der Waals surface area (Å²) < 4.78 is 28.3. The second-order valence-corrected chi connectivity index (χ2v) is 10.9. The van der Waals surface area contributed by atoms with Crippen molar-refractivity contribution in [2.75, 3.05) is 13.3 Å². The standard InChI is InChI=1S/C22H25ClNO7P/c1-16(25)31-21(18-11-7-4-8-12-18)32(23,28)14-13-19(20(26)29-2)24-22(27)30-15-17-9-5-3-6-10-17/h3-12,19,21H,13-15H2,1-2H3,(H,24,27)/t19-,21?,32?/m0/s1. The summed E-state index contributed by atoms with van der Waals surface area (Å²) in [4.78, 5) is 35.9. The number of carbonyl (C=O) groups excluding carboxylic acids is 3. The van der Waals surface area contributed by atoms with Crippen LogP contribution in [-0.2, 0) is 35.0 Å². The molecule has 1 N–H and O–H groups in total. The number of esters is 2. The van der Waals surface area contributed by atoms with Crippen LogP contribution in [0.2, 0.25) is 0 Å². The molecule has 32 heavy (non-hydrogen) atoms. The maximum atomic E-state index is 13.3. The minimum absolute atomic E-state index is 0.0110. The first-order valence-corrected chi connectivity index (χ1v) is 12.6. The summed E-state index contributed by atoms with van der Waals surface area (Å²) in [7, 11) is 1.16. The summed E-state index contributed by atoms with van der Waals surface area (Å²) in [5.74, 6) is -2.58. The maximum absolute atomic E-state index is 13.3. The summed E-state index contributed by atoms with van der Waals surface area (Å²) in [6.45, 7) is -2.46. The van der Waals surface area contributed by atoms with Crippen molar-refractivity contribution in [1.29, 1.82) is 0 Å². The Morgan fingerprint density at radius 3 is 2.19 bits per heavy atom. The fourth-order valence-corrected chi connectivity index (χ4v) is 5.38. The van der Waals surface area contributed by atoms with Gasteiger partial charge < -0.3 is 24.1 Å². The molecule has 2 aromatic rings. The molecule has 8 nitrogen and oxygen atoms in total. The lowest BCUT2D eigenvalue weighted by Gasteiger charge is -2.24. The Labute approximate surface area is 191 Å². The van der Waals surface area contributed by atoms with Crippen LogP contribution in [0.15, 0.2) is 60.7 Å². The van der Waals surface area contributed by atoms with Crippen LogP contribution in [0.25, 0.3) is 0 Å². The van der Waals surface area contributed by atoms with E-state index < -0.39 is 36.4 Å². The van der Waals surface area contributed by atoms with E-state index in [1.54, 1.807) is 54.6 Å². The van der Waals surface area contributed by atoms with Crippen molar-refractivity contribution in [3.05, 3.63) is 71.8 Å². The van der Waals surface area contributed by atoms with Crippen LogP contribution in [0, 0.1) is 0 Å². The molecule has 1 amide bonds. The van der Waals surface area contributed by atoms with E-state index in [0.717, 1.165) is 12.7 Å². The summed E-state index contributed by atoms with van der Waals surface area (Å²) >= 11 is 6.33. The quantitative estimate of drug-likeness (QED) is 0.299. The number of hydrogen-bond acceptors (Lipinski definition) is 7. The Morgan fingerprint density at radius 1 is 1.03 bits per heavy atom. The van der Waals surface area contributed by atoms with E-state index in [0.29, 0.717) is 5.56 Å². The summed E-state index contributed by atoms with van der Waals surface area (Å²) in [6.07, 6.45) is -1.16. The average Bonchev–Trinajstić information content (AvgIpc) is 2.79. The number of halogens is 1. The predicted octanol–water partition coefficient (Wildman–Crippen LogP) is 4.62. The van der Waals surface area contributed by atoms with Gasteiger partial charge in [0.1, 0.15) is 12.6 Å². The van der Waals surface area contributed by atoms with Crippen molar-refractivity contribution in [2.24, 2.45) is 0 Å². The molecule has 0 bridgehead atoms. The van der Waals surface area contributed by atoms with E-state index in [9.17, 15) is 18.9 Å². The highest BCUT2D eigenvalue weighted by Gasteiger charge is 2.37. The number of benzene rings is 2. The third kappa shape index (κ3) is 8.02. The van der Waals surface area contributed by atoms with Gasteiger partial charge in [0, 0.05) is 18.6 Å². The molecule has 0 spiro atoms. The van der Waals surface area contributed by atoms with Gasteiger partial charge in [0.2, 0.25) is 6.49 Å². The zero-order valence-corrected chi connectivity index (χ0v) is 19.4. The molecule has 0 saturated carbocycles. The highest BCUT2D eigenvalue weighted by Crippen LogP contribution is 2.64. The second-order valence-electron chi connectivity index (χ2n) is 6.87. The monoisotopic (exact) mass is 481 g/mol. The van der Waals surface area contributed by atoms with Gasteiger partial charge in [-0.05, 0) is 23.2 Å². The Morgan fingerprint density at radius 2 is 1.62 bits per heavy atom. The molecule has 0 aliphatic rings. The van der Waals surface area contributed by atoms with Crippen LogP contribution < -0.4 is 5.32 Å². The Hall–Kier alpha value is -2.83. The van der Waals surface area contributed by atoms with Crippen LogP contribution in [0.5, 0.6) is 0 Å². The topological polar surface area (TPSA) is 108 Å². The van der Waals surface area contributed by atoms with Crippen molar-refractivity contribution in [1.82, 2.24) is 5.32 Å². The highest BCUT2D eigenvalue weighted by molar-refractivity contribution is 7.89. The van der Waals surface area contributed by atoms with Crippen LogP contribution in [0.4, 0.5) is 4.79 Å². The van der Waals surface area contributed by atoms with Gasteiger partial charge in [0.05, 0.1) is 7.11 Å². The van der Waals surface area contributed by atoms with Gasteiger partial charge in [-0.15, -0.1) is 0 Å². The van der Waals surface area contributed by atoms with Gasteiger partial charge >= 0.3 is 18.0 Å². The molecule has 10 heteroatoms. The molecule has 0 fully saturated rings. The SMILES string of the molecule is COC(=O)[C@H](CCP(=O)(Cl)C(OC(C)=O)c1ccccc1)NC(=O)OCc1ccccc1. The van der Waals surface area contributed by atoms with Crippen LogP contribution >= 0.6 is 17.7 Å². The van der Waals surface area contributed by atoms with E-state index in [1.165, 1.54) is 6.92 Å². The summed E-state index contributed by atoms with van der Waals surface area (Å²) in [5.41, 5.74) is 1.24. The first-order valence-electron chi connectivity index (χ1n) is 9.78. The first-order chi connectivity index (χ1) is 15.2. The third-order valence-electron chi connectivity index (χ3n) is 4.43. The molecule has 2 rings (SSSR count). The minimum atomic E-state index is -3.66. The van der Waals surface area contributed by atoms with E-state index in [1.807, 2.05) is 6.07 Å². The van der Waals surface area contributed by atoms with Gasteiger partial charge in [-0.25, -0.2) is 9.59 Å². The molecule has 0 heterocycles. The lowest BCUT2D eigenvalue weighted by molar-refractivity contribution is -0.144. The molecule has 2 unspecified atom stereocenters. The normalized spacial score (nSPS) is 14.3. The molecule has 0 saturated heterocycles. The number of carbonyl (C=O) groups is 3. The van der Waals surface area contributed by atoms with Gasteiger partial charge in [0.15, 0.2) is 5.85 Å². The Kier molecular flexibility index (Phi) is 9.75. The lowest BCUT2D eigenvalue weighted by Crippen LogP contribution is -2.42. The van der Waals surface area contributed by atoms with Crippen molar-refractivity contribution < 1.29 is 33.2 Å². The molecule has 0 aliphatic carbocycles. The third-order valence-corrected chi connectivity index (χ3v) is 7.44. The minimum Gasteiger partial charge on any atom is -0.467 e. The van der Waals surface area contributed by atoms with Gasteiger partial charge in [-0.3, -0.25) is 4.79 Å². The van der Waals surface area contributed by atoms with Crippen molar-refractivity contribution in [3.8, 4) is 0 Å². The summed E-state index contributed by atoms with van der Waals surface area (Å²) in [5, 5.41) is 2.41. The number of ether oxygens (including phenoxy) is 3. The Bertz CT molecular complexity index is 955. The number of methoxy groups -OCH3 is 1. The lowest BCUT2D eigenvalue weighted by atomic mass is 10.2. The zero-order valence-electron chi connectivity index (χ0n) is 17.7. The smallest absolute Gasteiger partial charge is 0.408 e. The molecule has 172 valence electrons. The average molecular weight is 482 g/mol. The van der Waals surface area contributed by atoms with Crippen molar-refractivity contribution >= 4 is 35.8 Å². The van der Waals surface area contributed by atoms with Gasteiger partial charge in [0.25, 0.3) is 0 Å². The molecule has 3 atom stereocenters. The van der Waals surface area contributed by atoms with Crippen LogP contribution in [0.3, 0.4) is 0 Å². The zero-order chi connectivity index (χ0) is 23.6. The van der Waals surface area contributed by atoms with Crippen molar-refractivity contribution in [3.63, 3.8) is 0 Å². The second kappa shape index (κ2) is 12.3. The number of nitrogens with one attached hydrogen (secondary N) is 1. The van der Waals surface area contributed by atoms with Gasteiger partial charge in [-0.1, -0.05) is 60.7 Å². The molecule has 2 aromatic carbocycles. The number of hydrogen-bond donors (Lipinski definition) is 1. The van der Waals surface area contributed by atoms with Crippen LogP contribution in [0.1, 0.15) is 30.3 Å². The fraction of sp³-hybridized carbons (Fsp3) is 0.318. The van der Waals surface area contributed by atoms with E-state index in [4.69, 9.17) is 25.5 Å². The predicted molar refractivity (Wildman–Crippen MR) is 119 cm³/mol. The largest absolute Gasteiger partial charge is 0.467 e. The Balaban J connectivity index is 2.05. The highest BCUT2D eigenvalue weighted by atomic mass is 35.7. The molecule has 0 radical (unpaired) electrons. The molecular formula is C22H25ClNO7P. The summed E-state index contributed by atoms with van der Waals surface area (Å²) in [6, 6.07) is 16.3. The van der Waals surface area contributed by atoms with E-state index in [2.05, 4.69) is 5.32 Å². The van der Waals surface area contributed by atoms with Gasteiger partial charge in [-0.2, -0.15) is 0 Å². The van der Waals surface area contributed by atoms with E-state index in [-0.39, 0.29) is 19.2 Å². The number of alkyl carbamates (subject to hydrolysis) is 1.